The van der Waals surface area contributed by atoms with Crippen LogP contribution in [0.5, 0.6) is 0 Å². The minimum Gasteiger partial charge on any atom is -0.274 e. The van der Waals surface area contributed by atoms with E-state index in [0.29, 0.717) is 22.0 Å². The Morgan fingerprint density at radius 3 is 2.44 bits per heavy atom. The highest BCUT2D eigenvalue weighted by Crippen LogP contribution is 2.35. The molecule has 2 aromatic heterocycles. The van der Waals surface area contributed by atoms with E-state index >= 15 is 0 Å². The lowest BCUT2D eigenvalue weighted by Gasteiger charge is -2.11. The van der Waals surface area contributed by atoms with Crippen molar-refractivity contribution in [1.82, 2.24) is 14.6 Å². The molecule has 0 saturated carbocycles. The molecule has 8 heteroatoms. The van der Waals surface area contributed by atoms with E-state index in [2.05, 4.69) is 10.1 Å². The third-order valence-corrected chi connectivity index (χ3v) is 6.59. The zero-order valence-corrected chi connectivity index (χ0v) is 17.6. The molecule has 1 aliphatic heterocycles. The summed E-state index contributed by atoms with van der Waals surface area (Å²) < 4.78 is 1.46. The van der Waals surface area contributed by atoms with Gasteiger partial charge in [0.25, 0.3) is 11.5 Å². The fourth-order valence-corrected chi connectivity index (χ4v) is 5.17. The van der Waals surface area contributed by atoms with Gasteiger partial charge >= 0.3 is 0 Å². The molecule has 0 N–H and O–H groups in total. The maximum absolute atomic E-state index is 13.2. The summed E-state index contributed by atoms with van der Waals surface area (Å²) in [5, 5.41) is 6.51. The lowest BCUT2D eigenvalue weighted by atomic mass is 10.0. The van der Waals surface area contributed by atoms with Crippen molar-refractivity contribution in [1.29, 1.82) is 0 Å². The van der Waals surface area contributed by atoms with Crippen LogP contribution >= 0.6 is 11.3 Å². The summed E-state index contributed by atoms with van der Waals surface area (Å²) in [6.07, 6.45) is 0. The molecule has 0 saturated heterocycles. The Morgan fingerprint density at radius 2 is 1.62 bits per heavy atom. The molecule has 2 amide bonds. The van der Waals surface area contributed by atoms with Crippen molar-refractivity contribution < 1.29 is 9.59 Å². The number of carbonyl (C=O) groups is 2. The van der Waals surface area contributed by atoms with Crippen molar-refractivity contribution in [3.8, 4) is 11.4 Å². The minimum atomic E-state index is -0.505. The zero-order valence-electron chi connectivity index (χ0n) is 16.8. The molecule has 0 unspecified atom stereocenters. The number of aromatic nitrogens is 3. The molecule has 6 rings (SSSR count). The monoisotopic (exact) mass is 438 g/mol. The zero-order chi connectivity index (χ0) is 22.0. The van der Waals surface area contributed by atoms with Gasteiger partial charge in [-0.2, -0.15) is 9.50 Å². The van der Waals surface area contributed by atoms with Crippen LogP contribution in [0.15, 0.2) is 71.5 Å². The van der Waals surface area contributed by atoms with Crippen molar-refractivity contribution in [3.63, 3.8) is 0 Å². The number of hydrogen-bond acceptors (Lipinski definition) is 6. The van der Waals surface area contributed by atoms with Crippen LogP contribution in [0.1, 0.15) is 12.5 Å². The second kappa shape index (κ2) is 6.66. The lowest BCUT2D eigenvalue weighted by Crippen LogP contribution is -2.35. The smallest absolute Gasteiger partial charge is 0.274 e. The number of anilines is 1. The van der Waals surface area contributed by atoms with Gasteiger partial charge in [-0.1, -0.05) is 72.0 Å². The first-order valence-electron chi connectivity index (χ1n) is 9.91. The van der Waals surface area contributed by atoms with Gasteiger partial charge in [0.1, 0.15) is 4.53 Å². The van der Waals surface area contributed by atoms with E-state index in [1.54, 1.807) is 24.3 Å². The van der Waals surface area contributed by atoms with Crippen LogP contribution in [-0.2, 0) is 9.59 Å². The fourth-order valence-electron chi connectivity index (χ4n) is 4.17. The Balaban J connectivity index is 1.59. The van der Waals surface area contributed by atoms with Crippen LogP contribution in [0.25, 0.3) is 32.7 Å². The molecule has 0 spiro atoms. The summed E-state index contributed by atoms with van der Waals surface area (Å²) in [6, 6.07) is 20.7. The highest BCUT2D eigenvalue weighted by Gasteiger charge is 2.36. The molecule has 3 heterocycles. The summed E-state index contributed by atoms with van der Waals surface area (Å²) in [5.41, 5.74) is 1.66. The average Bonchev–Trinajstić information content (AvgIpc) is 3.43. The molecule has 0 atom stereocenters. The summed E-state index contributed by atoms with van der Waals surface area (Å²) in [6.45, 7) is 1.33. The molecule has 0 radical (unpaired) electrons. The third-order valence-electron chi connectivity index (χ3n) is 5.56. The normalized spacial score (nSPS) is 15.0. The first-order chi connectivity index (χ1) is 15.5. The molecule has 0 fully saturated rings. The number of benzene rings is 3. The standard InChI is InChI=1S/C24H14N4O3S/c1-13(29)27-18-12-5-4-10-17(18)19(22(27)30)20-23(31)28-24(32-20)25-21(26-28)16-11-6-8-14-7-2-3-9-15(14)16/h2-12H,1H3/b20-19-. The number of carbonyl (C=O) groups excluding carboxylic acids is 2. The number of imide groups is 1. The molecule has 154 valence electrons. The van der Waals surface area contributed by atoms with E-state index in [4.69, 9.17) is 0 Å². The molecule has 7 nitrogen and oxygen atoms in total. The maximum Gasteiger partial charge on any atom is 0.291 e. The highest BCUT2D eigenvalue weighted by molar-refractivity contribution is 7.15. The summed E-state index contributed by atoms with van der Waals surface area (Å²) in [4.78, 5) is 44.5. The average molecular weight is 438 g/mol. The van der Waals surface area contributed by atoms with E-state index in [1.165, 1.54) is 11.4 Å². The number of hydrogen-bond donors (Lipinski definition) is 0. The van der Waals surface area contributed by atoms with Crippen LogP contribution in [0.3, 0.4) is 0 Å². The van der Waals surface area contributed by atoms with Crippen LogP contribution in [0.4, 0.5) is 5.69 Å². The van der Waals surface area contributed by atoms with Gasteiger partial charge in [-0.15, -0.1) is 5.10 Å². The second-order valence-electron chi connectivity index (χ2n) is 7.44. The number of fused-ring (bicyclic) bond motifs is 3. The molecular weight excluding hydrogens is 424 g/mol. The van der Waals surface area contributed by atoms with Gasteiger partial charge in [-0.25, -0.2) is 4.90 Å². The van der Waals surface area contributed by atoms with Gasteiger partial charge in [-0.05, 0) is 16.8 Å². The topological polar surface area (TPSA) is 84.6 Å². The largest absolute Gasteiger partial charge is 0.291 e. The van der Waals surface area contributed by atoms with Crippen LogP contribution in [0.2, 0.25) is 0 Å². The Hall–Kier alpha value is -4.17. The maximum atomic E-state index is 13.2. The van der Waals surface area contributed by atoms with Crippen LogP contribution in [0, 0.1) is 0 Å². The van der Waals surface area contributed by atoms with E-state index in [0.717, 1.165) is 32.6 Å². The number of thiazole rings is 1. The minimum absolute atomic E-state index is 0.213. The number of amides is 2. The highest BCUT2D eigenvalue weighted by atomic mass is 32.1. The Kier molecular flexibility index (Phi) is 3.87. The predicted molar refractivity (Wildman–Crippen MR) is 122 cm³/mol. The van der Waals surface area contributed by atoms with E-state index in [1.807, 2.05) is 42.5 Å². The lowest BCUT2D eigenvalue weighted by molar-refractivity contribution is -0.122. The molecule has 1 aliphatic rings. The fraction of sp³-hybridized carbons (Fsp3) is 0.0417. The van der Waals surface area contributed by atoms with E-state index in [-0.39, 0.29) is 10.1 Å². The number of nitrogens with zero attached hydrogens (tertiary/aromatic N) is 4. The molecular formula is C24H14N4O3S. The Morgan fingerprint density at radius 1 is 0.906 bits per heavy atom. The third kappa shape index (κ3) is 2.50. The summed E-state index contributed by atoms with van der Waals surface area (Å²) >= 11 is 1.10. The first-order valence-corrected chi connectivity index (χ1v) is 10.7. The number of para-hydroxylation sites is 1. The van der Waals surface area contributed by atoms with Crippen molar-refractivity contribution in [3.05, 3.63) is 87.2 Å². The summed E-state index contributed by atoms with van der Waals surface area (Å²) in [5.74, 6) is -0.456. The molecule has 0 aliphatic carbocycles. The molecule has 5 aromatic rings. The summed E-state index contributed by atoms with van der Waals surface area (Å²) in [7, 11) is 0. The van der Waals surface area contributed by atoms with E-state index in [9.17, 15) is 14.4 Å². The van der Waals surface area contributed by atoms with Gasteiger partial charge in [0, 0.05) is 18.1 Å². The van der Waals surface area contributed by atoms with Gasteiger partial charge < -0.3 is 0 Å². The van der Waals surface area contributed by atoms with Crippen LogP contribution < -0.4 is 15.0 Å². The Labute approximate surface area is 184 Å². The molecule has 3 aromatic carbocycles. The van der Waals surface area contributed by atoms with E-state index < -0.39 is 17.4 Å². The van der Waals surface area contributed by atoms with Crippen molar-refractivity contribution in [2.75, 3.05) is 4.90 Å². The predicted octanol–water partition coefficient (Wildman–Crippen LogP) is 2.78. The Bertz CT molecular complexity index is 1710. The molecule has 0 bridgehead atoms. The molecule has 32 heavy (non-hydrogen) atoms. The quantitative estimate of drug-likeness (QED) is 0.402. The second-order valence-corrected chi connectivity index (χ2v) is 8.42. The van der Waals surface area contributed by atoms with Gasteiger partial charge in [0.15, 0.2) is 5.82 Å². The van der Waals surface area contributed by atoms with Crippen LogP contribution in [-0.4, -0.2) is 26.4 Å². The number of rotatable bonds is 1. The first kappa shape index (κ1) is 18.6. The SMILES string of the molecule is CC(=O)N1C(=O)/C(=c2\sc3nc(-c4cccc5ccccc45)nn3c2=O)c2ccccc21. The van der Waals surface area contributed by atoms with Crippen molar-refractivity contribution >= 4 is 50.1 Å². The van der Waals surface area contributed by atoms with Gasteiger partial charge in [-0.3, -0.25) is 14.4 Å². The van der Waals surface area contributed by atoms with Crippen molar-refractivity contribution in [2.45, 2.75) is 6.92 Å². The van der Waals surface area contributed by atoms with Gasteiger partial charge in [0.2, 0.25) is 10.9 Å². The van der Waals surface area contributed by atoms with Crippen molar-refractivity contribution in [2.24, 2.45) is 0 Å². The van der Waals surface area contributed by atoms with Gasteiger partial charge in [0.05, 0.1) is 11.3 Å².